The van der Waals surface area contributed by atoms with Crippen molar-refractivity contribution in [2.45, 2.75) is 33.1 Å². The zero-order chi connectivity index (χ0) is 9.41. The van der Waals surface area contributed by atoms with E-state index in [0.717, 1.165) is 0 Å². The molecular weight excluding hydrogens is 182 g/mol. The highest BCUT2D eigenvalue weighted by molar-refractivity contribution is 6.86. The van der Waals surface area contributed by atoms with Gasteiger partial charge in [-0.05, 0) is 32.7 Å². The van der Waals surface area contributed by atoms with E-state index in [4.69, 9.17) is 4.12 Å². The van der Waals surface area contributed by atoms with Crippen LogP contribution in [0, 0.1) is 0 Å². The molecule has 4 heteroatoms. The van der Waals surface area contributed by atoms with E-state index in [0.29, 0.717) is 0 Å². The van der Waals surface area contributed by atoms with Gasteiger partial charge in [-0.1, -0.05) is 6.92 Å². The van der Waals surface area contributed by atoms with Crippen molar-refractivity contribution in [3.63, 3.8) is 0 Å². The maximum atomic E-state index is 6.23. The molecule has 1 saturated heterocycles. The van der Waals surface area contributed by atoms with Crippen LogP contribution in [0.4, 0.5) is 0 Å². The molecule has 0 bridgehead atoms. The summed E-state index contributed by atoms with van der Waals surface area (Å²) in [5, 5.41) is 0. The Labute approximate surface area is 78.2 Å². The molecule has 0 aromatic rings. The highest BCUT2D eigenvalue weighted by Gasteiger charge is 2.40. The Hall–Kier alpha value is 0.354. The summed E-state index contributed by atoms with van der Waals surface area (Å²) in [6.07, 6.45) is 2.44. The van der Waals surface area contributed by atoms with E-state index in [2.05, 4.69) is 38.0 Å². The van der Waals surface area contributed by atoms with Gasteiger partial charge in [0.05, 0.1) is 0 Å². The van der Waals surface area contributed by atoms with Crippen molar-refractivity contribution in [3.8, 4) is 0 Å². The van der Waals surface area contributed by atoms with Crippen LogP contribution in [0.1, 0.15) is 6.92 Å². The van der Waals surface area contributed by atoms with Gasteiger partial charge in [0.15, 0.2) is 16.6 Å². The fraction of sp³-hybridized carbons (Fsp3) is 1.00. The second-order valence-electron chi connectivity index (χ2n) is 4.92. The van der Waals surface area contributed by atoms with E-state index < -0.39 is 16.6 Å². The Morgan fingerprint density at radius 2 is 1.50 bits per heavy atom. The van der Waals surface area contributed by atoms with E-state index in [9.17, 15) is 0 Å². The fourth-order valence-corrected chi connectivity index (χ4v) is 11.7. The van der Waals surface area contributed by atoms with Crippen molar-refractivity contribution in [3.05, 3.63) is 0 Å². The van der Waals surface area contributed by atoms with Crippen molar-refractivity contribution >= 4 is 16.6 Å². The Bertz CT molecular complexity index is 154. The van der Waals surface area contributed by atoms with Crippen molar-refractivity contribution in [2.75, 3.05) is 18.9 Å². The summed E-state index contributed by atoms with van der Waals surface area (Å²) in [6.45, 7) is 12.8. The van der Waals surface area contributed by atoms with Gasteiger partial charge in [0, 0.05) is 12.3 Å². The van der Waals surface area contributed by atoms with Crippen molar-refractivity contribution in [1.82, 2.24) is 4.90 Å². The molecule has 0 aromatic carbocycles. The smallest absolute Gasteiger partial charge is 0.187 e. The van der Waals surface area contributed by atoms with Crippen molar-refractivity contribution in [2.24, 2.45) is 0 Å². The molecule has 0 aliphatic carbocycles. The summed E-state index contributed by atoms with van der Waals surface area (Å²) in [5.74, 6) is 0. The highest BCUT2D eigenvalue weighted by atomic mass is 28.4. The van der Waals surface area contributed by atoms with E-state index >= 15 is 0 Å². The van der Waals surface area contributed by atoms with E-state index in [1.165, 1.54) is 18.9 Å². The Morgan fingerprint density at radius 1 is 1.08 bits per heavy atom. The lowest BCUT2D eigenvalue weighted by molar-refractivity contribution is 0.311. The molecule has 1 rings (SSSR count). The third-order valence-corrected chi connectivity index (χ3v) is 9.05. The first-order chi connectivity index (χ1) is 5.35. The third-order valence-electron chi connectivity index (χ3n) is 2.21. The molecule has 72 valence electrons. The summed E-state index contributed by atoms with van der Waals surface area (Å²) < 4.78 is 6.23. The third kappa shape index (κ3) is 2.69. The van der Waals surface area contributed by atoms with Gasteiger partial charge in [0.1, 0.15) is 0 Å². The molecular formula is C8H21NOSi2. The average molecular weight is 203 g/mol. The number of hydrogen-bond donors (Lipinski definition) is 0. The van der Waals surface area contributed by atoms with Crippen LogP contribution < -0.4 is 0 Å². The van der Waals surface area contributed by atoms with Gasteiger partial charge in [-0.3, -0.25) is 0 Å². The van der Waals surface area contributed by atoms with Crippen LogP contribution in [0.25, 0.3) is 0 Å². The predicted molar refractivity (Wildman–Crippen MR) is 58.2 cm³/mol. The first kappa shape index (κ1) is 10.4. The van der Waals surface area contributed by atoms with Gasteiger partial charge in [-0.2, -0.15) is 0 Å². The summed E-state index contributed by atoms with van der Waals surface area (Å²) in [7, 11) is -2.64. The molecule has 0 spiro atoms. The standard InChI is InChI=1S/C8H21NOSi2/c1-6-9-7-11(2,3)10-12(4,5)8-9/h6-8H2,1-5H3. The summed E-state index contributed by atoms with van der Waals surface area (Å²) >= 11 is 0. The van der Waals surface area contributed by atoms with Crippen LogP contribution >= 0.6 is 0 Å². The Balaban J connectivity index is 2.66. The Morgan fingerprint density at radius 3 is 1.83 bits per heavy atom. The largest absolute Gasteiger partial charge is 0.454 e. The fourth-order valence-electron chi connectivity index (χ4n) is 2.17. The van der Waals surface area contributed by atoms with Crippen LogP contribution in [-0.4, -0.2) is 40.4 Å². The molecule has 0 N–H and O–H groups in total. The summed E-state index contributed by atoms with van der Waals surface area (Å²) in [4.78, 5) is 2.57. The van der Waals surface area contributed by atoms with Crippen LogP contribution in [0.2, 0.25) is 26.2 Å². The molecule has 0 saturated carbocycles. The minimum atomic E-state index is -1.32. The molecule has 0 unspecified atom stereocenters. The molecule has 1 aliphatic heterocycles. The highest BCUT2D eigenvalue weighted by Crippen LogP contribution is 2.21. The minimum Gasteiger partial charge on any atom is -0.454 e. The minimum absolute atomic E-state index is 1.19. The second kappa shape index (κ2) is 3.25. The van der Waals surface area contributed by atoms with Gasteiger partial charge in [0.2, 0.25) is 0 Å². The first-order valence-electron chi connectivity index (χ1n) is 4.77. The maximum Gasteiger partial charge on any atom is 0.187 e. The van der Waals surface area contributed by atoms with Crippen LogP contribution in [0.15, 0.2) is 0 Å². The SMILES string of the molecule is CCN1C[Si](C)(C)O[Si](C)(C)C1. The predicted octanol–water partition coefficient (Wildman–Crippen LogP) is 1.83. The summed E-state index contributed by atoms with van der Waals surface area (Å²) in [6, 6.07) is 0. The van der Waals surface area contributed by atoms with E-state index in [1.54, 1.807) is 0 Å². The Kier molecular flexibility index (Phi) is 2.83. The number of hydrogen-bond acceptors (Lipinski definition) is 2. The monoisotopic (exact) mass is 203 g/mol. The lowest BCUT2D eigenvalue weighted by Crippen LogP contribution is -2.62. The molecule has 1 heterocycles. The van der Waals surface area contributed by atoms with Crippen molar-refractivity contribution in [1.29, 1.82) is 0 Å². The molecule has 0 aromatic heterocycles. The van der Waals surface area contributed by atoms with Crippen molar-refractivity contribution < 1.29 is 4.12 Å². The molecule has 0 atom stereocenters. The van der Waals surface area contributed by atoms with Crippen LogP contribution in [0.3, 0.4) is 0 Å². The lowest BCUT2D eigenvalue weighted by atomic mass is 10.7. The summed E-state index contributed by atoms with van der Waals surface area (Å²) in [5.41, 5.74) is 0. The van der Waals surface area contributed by atoms with Crippen LogP contribution in [-0.2, 0) is 4.12 Å². The van der Waals surface area contributed by atoms with Gasteiger partial charge in [0.25, 0.3) is 0 Å². The van der Waals surface area contributed by atoms with Crippen LogP contribution in [0.5, 0.6) is 0 Å². The zero-order valence-electron chi connectivity index (χ0n) is 8.98. The van der Waals surface area contributed by atoms with E-state index in [-0.39, 0.29) is 0 Å². The molecule has 0 radical (unpaired) electrons. The lowest BCUT2D eigenvalue weighted by Gasteiger charge is -2.45. The topological polar surface area (TPSA) is 12.5 Å². The van der Waals surface area contributed by atoms with Gasteiger partial charge in [-0.25, -0.2) is 0 Å². The van der Waals surface area contributed by atoms with Gasteiger partial charge < -0.3 is 9.02 Å². The van der Waals surface area contributed by atoms with Gasteiger partial charge in [-0.15, -0.1) is 0 Å². The quantitative estimate of drug-likeness (QED) is 0.603. The molecule has 0 amide bonds. The molecule has 1 aliphatic rings. The average Bonchev–Trinajstić information content (AvgIpc) is 1.80. The number of rotatable bonds is 1. The van der Waals surface area contributed by atoms with Gasteiger partial charge >= 0.3 is 0 Å². The zero-order valence-corrected chi connectivity index (χ0v) is 11.0. The normalized spacial score (nSPS) is 28.8. The second-order valence-corrected chi connectivity index (χ2v) is 13.4. The first-order valence-corrected chi connectivity index (χ1v) is 11.0. The van der Waals surface area contributed by atoms with E-state index in [1.807, 2.05) is 0 Å². The number of nitrogens with zero attached hydrogens (tertiary/aromatic N) is 1. The maximum absolute atomic E-state index is 6.23. The molecule has 2 nitrogen and oxygen atoms in total. The molecule has 1 fully saturated rings. The molecule has 12 heavy (non-hydrogen) atoms.